The van der Waals surface area contributed by atoms with Crippen LogP contribution in [0.4, 0.5) is 0 Å². The minimum Gasteiger partial charge on any atom is -0.347 e. The zero-order valence-corrected chi connectivity index (χ0v) is 13.6. The summed E-state index contributed by atoms with van der Waals surface area (Å²) >= 11 is 0. The maximum atomic E-state index is 12.4. The molecule has 0 aromatic rings. The van der Waals surface area contributed by atoms with Crippen LogP contribution in [0.25, 0.3) is 0 Å². The molecule has 0 aromatic heterocycles. The number of amides is 1. The van der Waals surface area contributed by atoms with Crippen LogP contribution in [-0.2, 0) is 4.79 Å². The second kappa shape index (κ2) is 6.90. The molecule has 2 rings (SSSR count). The number of carbonyl (C=O) groups is 1. The maximum absolute atomic E-state index is 12.4. The minimum absolute atomic E-state index is 0.0367. The molecule has 2 fully saturated rings. The number of likely N-dealkylation sites (N-methyl/N-ethyl adjacent to an activating group) is 1. The van der Waals surface area contributed by atoms with E-state index in [9.17, 15) is 4.79 Å². The van der Waals surface area contributed by atoms with Gasteiger partial charge in [-0.15, -0.1) is 0 Å². The van der Waals surface area contributed by atoms with E-state index in [4.69, 9.17) is 0 Å². The Labute approximate surface area is 123 Å². The summed E-state index contributed by atoms with van der Waals surface area (Å²) in [7, 11) is 3.74. The first-order valence-corrected chi connectivity index (χ1v) is 8.18. The second-order valence-corrected chi connectivity index (χ2v) is 7.01. The van der Waals surface area contributed by atoms with Crippen molar-refractivity contribution < 1.29 is 4.79 Å². The molecule has 20 heavy (non-hydrogen) atoms. The zero-order chi connectivity index (χ0) is 14.7. The third-order valence-corrected chi connectivity index (χ3v) is 5.11. The largest absolute Gasteiger partial charge is 0.347 e. The van der Waals surface area contributed by atoms with Gasteiger partial charge in [-0.05, 0) is 24.7 Å². The highest BCUT2D eigenvalue weighted by atomic mass is 16.2. The van der Waals surface area contributed by atoms with Gasteiger partial charge in [-0.3, -0.25) is 9.69 Å². The average molecular weight is 281 g/mol. The fourth-order valence-electron chi connectivity index (χ4n) is 3.79. The number of hydrogen-bond donors (Lipinski definition) is 1. The molecule has 116 valence electrons. The number of hydrogen-bond acceptors (Lipinski definition) is 3. The smallest absolute Gasteiger partial charge is 0.240 e. The van der Waals surface area contributed by atoms with Crippen molar-refractivity contribution in [3.63, 3.8) is 0 Å². The third kappa shape index (κ3) is 3.53. The van der Waals surface area contributed by atoms with Gasteiger partial charge in [0.05, 0.1) is 0 Å². The summed E-state index contributed by atoms with van der Waals surface area (Å²) in [5.41, 5.74) is 0. The van der Waals surface area contributed by atoms with E-state index < -0.39 is 0 Å². The topological polar surface area (TPSA) is 35.6 Å². The lowest BCUT2D eigenvalue weighted by atomic mass is 9.78. The molecule has 1 amide bonds. The Morgan fingerprint density at radius 3 is 2.70 bits per heavy atom. The molecule has 0 spiro atoms. The lowest BCUT2D eigenvalue weighted by Crippen LogP contribution is -2.61. The van der Waals surface area contributed by atoms with Gasteiger partial charge in [0, 0.05) is 39.8 Å². The van der Waals surface area contributed by atoms with Crippen LogP contribution < -0.4 is 5.32 Å². The lowest BCUT2D eigenvalue weighted by molar-refractivity contribution is -0.136. The maximum Gasteiger partial charge on any atom is 0.240 e. The number of rotatable bonds is 3. The number of carbonyl (C=O) groups excluding carboxylic acids is 1. The van der Waals surface area contributed by atoms with Crippen LogP contribution in [0.2, 0.25) is 0 Å². The summed E-state index contributed by atoms with van der Waals surface area (Å²) < 4.78 is 0. The molecule has 1 saturated carbocycles. The molecular formula is C16H31N3O. The Kier molecular flexibility index (Phi) is 5.44. The molecule has 1 heterocycles. The first-order valence-electron chi connectivity index (χ1n) is 8.18. The molecule has 3 atom stereocenters. The summed E-state index contributed by atoms with van der Waals surface area (Å²) in [6.07, 6.45) is 5.22. The summed E-state index contributed by atoms with van der Waals surface area (Å²) in [6, 6.07) is 0.641. The quantitative estimate of drug-likeness (QED) is 0.853. The first-order chi connectivity index (χ1) is 9.50. The van der Waals surface area contributed by atoms with Crippen molar-refractivity contribution in [2.75, 3.05) is 33.7 Å². The molecule has 1 aliphatic carbocycles. The standard InChI is InChI=1S/C16H31N3O/c1-12(2)13-6-5-7-14(10-13)19-9-8-17-11-15(19)16(20)18(3)4/h12-15,17H,5-11H2,1-4H3. The highest BCUT2D eigenvalue weighted by Gasteiger charge is 2.36. The van der Waals surface area contributed by atoms with Gasteiger partial charge >= 0.3 is 0 Å². The summed E-state index contributed by atoms with van der Waals surface area (Å²) in [5.74, 6) is 1.85. The van der Waals surface area contributed by atoms with Crippen LogP contribution >= 0.6 is 0 Å². The van der Waals surface area contributed by atoms with Crippen LogP contribution in [0.1, 0.15) is 39.5 Å². The van der Waals surface area contributed by atoms with E-state index in [1.165, 1.54) is 25.7 Å². The molecule has 3 unspecified atom stereocenters. The molecule has 0 radical (unpaired) electrons. The van der Waals surface area contributed by atoms with E-state index in [1.807, 2.05) is 14.1 Å². The summed E-state index contributed by atoms with van der Waals surface area (Å²) in [4.78, 5) is 16.6. The number of nitrogens with zero attached hydrogens (tertiary/aromatic N) is 2. The van der Waals surface area contributed by atoms with Crippen LogP contribution in [0.15, 0.2) is 0 Å². The highest BCUT2D eigenvalue weighted by molar-refractivity contribution is 5.81. The molecule has 1 N–H and O–H groups in total. The van der Waals surface area contributed by atoms with E-state index in [0.717, 1.165) is 31.5 Å². The minimum atomic E-state index is 0.0367. The van der Waals surface area contributed by atoms with Crippen LogP contribution in [0.3, 0.4) is 0 Å². The van der Waals surface area contributed by atoms with Crippen molar-refractivity contribution in [1.82, 2.24) is 15.1 Å². The Hall–Kier alpha value is -0.610. The van der Waals surface area contributed by atoms with Gasteiger partial charge in [0.25, 0.3) is 0 Å². The van der Waals surface area contributed by atoms with E-state index in [-0.39, 0.29) is 11.9 Å². The molecule has 4 heteroatoms. The molecule has 2 aliphatic rings. The molecule has 1 aliphatic heterocycles. The molecular weight excluding hydrogens is 250 g/mol. The lowest BCUT2D eigenvalue weighted by Gasteiger charge is -2.45. The zero-order valence-electron chi connectivity index (χ0n) is 13.6. The SMILES string of the molecule is CC(C)C1CCCC(N2CCNCC2C(=O)N(C)C)C1. The highest BCUT2D eigenvalue weighted by Crippen LogP contribution is 2.33. The van der Waals surface area contributed by atoms with Gasteiger partial charge < -0.3 is 10.2 Å². The molecule has 4 nitrogen and oxygen atoms in total. The molecule has 0 aromatic carbocycles. The van der Waals surface area contributed by atoms with Gasteiger partial charge in [-0.2, -0.15) is 0 Å². The van der Waals surface area contributed by atoms with Crippen LogP contribution in [0, 0.1) is 11.8 Å². The van der Waals surface area contributed by atoms with Gasteiger partial charge in [-0.25, -0.2) is 0 Å². The fourth-order valence-corrected chi connectivity index (χ4v) is 3.79. The van der Waals surface area contributed by atoms with E-state index in [1.54, 1.807) is 4.90 Å². The van der Waals surface area contributed by atoms with Crippen LogP contribution in [-0.4, -0.2) is 61.5 Å². The van der Waals surface area contributed by atoms with Gasteiger partial charge in [0.1, 0.15) is 6.04 Å². The van der Waals surface area contributed by atoms with Gasteiger partial charge in [0.15, 0.2) is 0 Å². The predicted molar refractivity (Wildman–Crippen MR) is 82.6 cm³/mol. The van der Waals surface area contributed by atoms with E-state index in [2.05, 4.69) is 24.1 Å². The second-order valence-electron chi connectivity index (χ2n) is 7.01. The number of nitrogens with one attached hydrogen (secondary N) is 1. The Bertz CT molecular complexity index is 330. The Morgan fingerprint density at radius 1 is 1.30 bits per heavy atom. The summed E-state index contributed by atoms with van der Waals surface area (Å²) in [5, 5.41) is 3.38. The van der Waals surface area contributed by atoms with Crippen molar-refractivity contribution in [2.24, 2.45) is 11.8 Å². The average Bonchev–Trinajstić information content (AvgIpc) is 2.46. The number of piperazine rings is 1. The van der Waals surface area contributed by atoms with Crippen LogP contribution in [0.5, 0.6) is 0 Å². The summed E-state index contributed by atoms with van der Waals surface area (Å²) in [6.45, 7) is 7.51. The van der Waals surface area contributed by atoms with Crippen molar-refractivity contribution in [3.05, 3.63) is 0 Å². The van der Waals surface area contributed by atoms with Crippen molar-refractivity contribution in [3.8, 4) is 0 Å². The third-order valence-electron chi connectivity index (χ3n) is 5.11. The molecule has 1 saturated heterocycles. The van der Waals surface area contributed by atoms with Crippen molar-refractivity contribution in [1.29, 1.82) is 0 Å². The first kappa shape index (κ1) is 15.8. The van der Waals surface area contributed by atoms with Gasteiger partial charge in [0.2, 0.25) is 5.91 Å². The molecule has 0 bridgehead atoms. The Morgan fingerprint density at radius 2 is 2.05 bits per heavy atom. The van der Waals surface area contributed by atoms with E-state index in [0.29, 0.717) is 6.04 Å². The van der Waals surface area contributed by atoms with Crippen molar-refractivity contribution in [2.45, 2.75) is 51.6 Å². The Balaban J connectivity index is 2.05. The monoisotopic (exact) mass is 281 g/mol. The fraction of sp³-hybridized carbons (Fsp3) is 0.938. The van der Waals surface area contributed by atoms with Gasteiger partial charge in [-0.1, -0.05) is 26.7 Å². The predicted octanol–water partition coefficient (Wildman–Crippen LogP) is 1.56. The van der Waals surface area contributed by atoms with Crippen molar-refractivity contribution >= 4 is 5.91 Å². The van der Waals surface area contributed by atoms with E-state index >= 15 is 0 Å². The normalized spacial score (nSPS) is 32.4.